The van der Waals surface area contributed by atoms with Gasteiger partial charge in [0, 0.05) is 19.5 Å². The Kier molecular flexibility index (Phi) is 26.2. The summed E-state index contributed by atoms with van der Waals surface area (Å²) in [7, 11) is 0. The van der Waals surface area contributed by atoms with E-state index in [0.29, 0.717) is 38.6 Å². The van der Waals surface area contributed by atoms with Crippen molar-refractivity contribution in [1.29, 1.82) is 0 Å². The molecule has 2 heterocycles. The normalized spacial score (nSPS) is 18.7. The zero-order valence-electron chi connectivity index (χ0n) is 40.5. The van der Waals surface area contributed by atoms with Crippen LogP contribution in [0.25, 0.3) is 0 Å². The molecule has 0 bridgehead atoms. The number of carboxylic acids is 1. The lowest BCUT2D eigenvalue weighted by molar-refractivity contribution is -0.144. The average molecular weight is 981 g/mol. The fraction of sp³-hybridized carbons (Fsp3) is 0.750. The van der Waals surface area contributed by atoms with Crippen molar-refractivity contribution in [2.75, 3.05) is 39.3 Å². The number of β-amino-alcohol motifs (C(OH)–C–C–N with tert-alkyl or cyclic N) is 1. The van der Waals surface area contributed by atoms with Crippen LogP contribution in [-0.4, -0.2) is 168 Å². The van der Waals surface area contributed by atoms with E-state index in [0.717, 1.165) is 6.42 Å². The lowest BCUT2D eigenvalue weighted by Crippen LogP contribution is -2.57. The molecule has 25 heteroatoms. The molecule has 8 atom stereocenters. The number of unbranched alkanes of at least 4 members (excludes halogenated alkanes) is 2. The quantitative estimate of drug-likeness (QED) is 0.0293. The van der Waals surface area contributed by atoms with Crippen LogP contribution >= 0.6 is 0 Å². The van der Waals surface area contributed by atoms with Gasteiger partial charge in [0.1, 0.15) is 36.3 Å². The van der Waals surface area contributed by atoms with Crippen molar-refractivity contribution in [3.05, 3.63) is 0 Å². The van der Waals surface area contributed by atoms with Crippen LogP contribution < -0.4 is 59.3 Å². The third-order valence-electron chi connectivity index (χ3n) is 11.5. The minimum atomic E-state index is -1.34. The highest BCUT2D eigenvalue weighted by atomic mass is 16.4. The molecular formula is C44H76N12O13. The second-order valence-electron chi connectivity index (χ2n) is 18.4. The lowest BCUT2D eigenvalue weighted by Gasteiger charge is -2.26. The number of amides is 10. The van der Waals surface area contributed by atoms with Gasteiger partial charge < -0.3 is 74.4 Å². The molecule has 2 fully saturated rings. The number of nitrogens with zero attached hydrogens (tertiary/aromatic N) is 1. The predicted octanol–water partition coefficient (Wildman–Crippen LogP) is -4.16. The number of primary amides is 1. The second-order valence-corrected chi connectivity index (χ2v) is 18.4. The summed E-state index contributed by atoms with van der Waals surface area (Å²) < 4.78 is 0. The van der Waals surface area contributed by atoms with Crippen molar-refractivity contribution >= 4 is 65.0 Å². The average Bonchev–Trinajstić information content (AvgIpc) is 3.96. The van der Waals surface area contributed by atoms with E-state index < -0.39 is 133 Å². The molecule has 2 aliphatic rings. The number of hydrogen-bond acceptors (Lipinski definition) is 14. The molecule has 0 aromatic rings. The molecule has 0 saturated carbocycles. The molecule has 0 aliphatic carbocycles. The molecule has 0 unspecified atom stereocenters. The van der Waals surface area contributed by atoms with E-state index in [1.165, 1.54) is 11.8 Å². The van der Waals surface area contributed by atoms with Crippen LogP contribution in [0.1, 0.15) is 112 Å². The molecule has 2 saturated heterocycles. The van der Waals surface area contributed by atoms with Gasteiger partial charge in [0.2, 0.25) is 59.1 Å². The maximum Gasteiger partial charge on any atom is 0.326 e. The molecule has 15 N–H and O–H groups in total. The van der Waals surface area contributed by atoms with Gasteiger partial charge in [0.25, 0.3) is 0 Å². The zero-order valence-corrected chi connectivity index (χ0v) is 40.5. The predicted molar refractivity (Wildman–Crippen MR) is 249 cm³/mol. The summed E-state index contributed by atoms with van der Waals surface area (Å²) in [6.45, 7) is 7.98. The van der Waals surface area contributed by atoms with Crippen molar-refractivity contribution in [2.45, 2.75) is 160 Å². The fourth-order valence-corrected chi connectivity index (χ4v) is 7.62. The van der Waals surface area contributed by atoms with E-state index in [-0.39, 0.29) is 63.5 Å². The monoisotopic (exact) mass is 981 g/mol. The lowest BCUT2D eigenvalue weighted by atomic mass is 10.0. The van der Waals surface area contributed by atoms with Gasteiger partial charge in [-0.15, -0.1) is 0 Å². The molecular weight excluding hydrogens is 905 g/mol. The standard InChI is InChI=1S/C44H76N12O13/c1-24(2)12-13-28(54-41(65)29(14-15-34(46)58)52-35(59)21-49-40(64)31-19-27(57)20-47-31)39(63)48-22-36(60)53-32(18-25(3)4)42(66)51-26(5)38(62)50-23-37(61)56-17-9-11-33(56)43(67)55-30(44(68)69)10-7-6-8-16-45/h24-33,47,57H,6-23,45H2,1-5H3,(H2,46,58)(H,48,63)(H,49,64)(H,50,62)(H,51,66)(H,52,59)(H,53,60)(H,54,65)(H,55,67)(H,68,69)/t26-,27-,28-,29-,30-,31-,32-,33-/m1/s1. The van der Waals surface area contributed by atoms with Gasteiger partial charge in [0.15, 0.2) is 0 Å². The molecule has 0 aromatic carbocycles. The van der Waals surface area contributed by atoms with Gasteiger partial charge in [-0.3, -0.25) is 47.9 Å². The molecule has 2 rings (SSSR count). The third-order valence-corrected chi connectivity index (χ3v) is 11.5. The van der Waals surface area contributed by atoms with Gasteiger partial charge in [-0.25, -0.2) is 4.79 Å². The Morgan fingerprint density at radius 2 is 1.28 bits per heavy atom. The highest BCUT2D eigenvalue weighted by Gasteiger charge is 2.36. The number of carbonyl (C=O) groups excluding carboxylic acids is 10. The summed E-state index contributed by atoms with van der Waals surface area (Å²) in [4.78, 5) is 143. The van der Waals surface area contributed by atoms with E-state index in [1.807, 2.05) is 13.8 Å². The smallest absolute Gasteiger partial charge is 0.326 e. The Bertz CT molecular complexity index is 1800. The number of carbonyl (C=O) groups is 11. The number of nitrogens with two attached hydrogens (primary N) is 2. The summed E-state index contributed by atoms with van der Waals surface area (Å²) in [5.41, 5.74) is 10.8. The minimum absolute atomic E-state index is 0.0861. The topological polar surface area (TPSA) is 392 Å². The van der Waals surface area contributed by atoms with E-state index in [2.05, 4.69) is 47.9 Å². The fourth-order valence-electron chi connectivity index (χ4n) is 7.62. The number of aliphatic hydroxyl groups is 1. The Morgan fingerprint density at radius 3 is 1.87 bits per heavy atom. The first-order chi connectivity index (χ1) is 32.5. The first-order valence-corrected chi connectivity index (χ1v) is 23.8. The van der Waals surface area contributed by atoms with Gasteiger partial charge >= 0.3 is 5.97 Å². The van der Waals surface area contributed by atoms with Crippen LogP contribution in [0.3, 0.4) is 0 Å². The molecule has 10 amide bonds. The van der Waals surface area contributed by atoms with Crippen LogP contribution in [0.4, 0.5) is 0 Å². The first-order valence-electron chi connectivity index (χ1n) is 23.8. The largest absolute Gasteiger partial charge is 0.480 e. The third kappa shape index (κ3) is 22.4. The Morgan fingerprint density at radius 1 is 0.652 bits per heavy atom. The molecule has 0 aromatic heterocycles. The van der Waals surface area contributed by atoms with E-state index >= 15 is 0 Å². The van der Waals surface area contributed by atoms with Crippen molar-refractivity contribution in [3.63, 3.8) is 0 Å². The van der Waals surface area contributed by atoms with Crippen LogP contribution in [0.2, 0.25) is 0 Å². The maximum absolute atomic E-state index is 13.5. The van der Waals surface area contributed by atoms with E-state index in [9.17, 15) is 63.0 Å². The molecule has 0 spiro atoms. The zero-order chi connectivity index (χ0) is 51.8. The Balaban J connectivity index is 1.99. The SMILES string of the molecule is CC(C)CC[C@@H](NC(=O)[C@@H](CCC(N)=O)NC(=O)CNC(=O)[C@H]1C[C@@H](O)CN1)C(=O)NCC(=O)N[C@H](CC(C)C)C(=O)N[C@H](C)C(=O)NCC(=O)N1CCC[C@@H]1C(=O)N[C@H](CCCCCN)C(=O)O. The van der Waals surface area contributed by atoms with Crippen LogP contribution in [0.5, 0.6) is 0 Å². The molecule has 0 radical (unpaired) electrons. The number of hydrogen-bond donors (Lipinski definition) is 13. The summed E-state index contributed by atoms with van der Waals surface area (Å²) in [6.07, 6.45) is 2.57. The number of rotatable bonds is 31. The Labute approximate surface area is 402 Å². The van der Waals surface area contributed by atoms with Crippen molar-refractivity contribution in [1.82, 2.24) is 52.8 Å². The van der Waals surface area contributed by atoms with Crippen LogP contribution in [-0.2, 0) is 52.7 Å². The molecule has 69 heavy (non-hydrogen) atoms. The van der Waals surface area contributed by atoms with Gasteiger partial charge in [0.05, 0.1) is 31.8 Å². The van der Waals surface area contributed by atoms with Gasteiger partial charge in [-0.05, 0) is 83.1 Å². The van der Waals surface area contributed by atoms with Crippen molar-refractivity contribution < 1.29 is 63.0 Å². The van der Waals surface area contributed by atoms with Gasteiger partial charge in [-0.2, -0.15) is 0 Å². The number of likely N-dealkylation sites (tertiary alicyclic amines) is 1. The summed E-state index contributed by atoms with van der Waals surface area (Å²) in [5.74, 6) is -8.34. The van der Waals surface area contributed by atoms with Crippen LogP contribution in [0, 0.1) is 11.8 Å². The first kappa shape index (κ1) is 59.2. The number of nitrogens with one attached hydrogen (secondary N) is 9. The summed E-state index contributed by atoms with van der Waals surface area (Å²) in [5, 5.41) is 42.1. The molecule has 25 nitrogen and oxygen atoms in total. The van der Waals surface area contributed by atoms with E-state index in [1.54, 1.807) is 13.8 Å². The summed E-state index contributed by atoms with van der Waals surface area (Å²) in [6, 6.07) is -7.67. The minimum Gasteiger partial charge on any atom is -0.480 e. The molecule has 2 aliphatic heterocycles. The maximum atomic E-state index is 13.5. The number of aliphatic carboxylic acids is 1. The number of aliphatic hydroxyl groups excluding tert-OH is 1. The van der Waals surface area contributed by atoms with Gasteiger partial charge in [-0.1, -0.05) is 40.5 Å². The van der Waals surface area contributed by atoms with Crippen LogP contribution in [0.15, 0.2) is 0 Å². The second kappa shape index (κ2) is 30.5. The van der Waals surface area contributed by atoms with Crippen molar-refractivity contribution in [3.8, 4) is 0 Å². The highest BCUT2D eigenvalue weighted by Crippen LogP contribution is 2.18. The molecule has 390 valence electrons. The van der Waals surface area contributed by atoms with E-state index in [4.69, 9.17) is 11.5 Å². The van der Waals surface area contributed by atoms with Crippen molar-refractivity contribution in [2.24, 2.45) is 23.3 Å². The summed E-state index contributed by atoms with van der Waals surface area (Å²) >= 11 is 0. The highest BCUT2D eigenvalue weighted by molar-refractivity contribution is 5.97. The number of carboxylic acid groups (broad SMARTS) is 1. The Hall–Kier alpha value is -5.95.